The van der Waals surface area contributed by atoms with Gasteiger partial charge in [-0.2, -0.15) is 4.98 Å². The number of rotatable bonds is 9. The summed E-state index contributed by atoms with van der Waals surface area (Å²) in [6.45, 7) is 2.46. The van der Waals surface area contributed by atoms with E-state index in [1.165, 1.54) is 6.07 Å². The van der Waals surface area contributed by atoms with Crippen LogP contribution in [-0.2, 0) is 9.59 Å². The fraction of sp³-hybridized carbons (Fsp3) is 0.273. The number of para-hydroxylation sites is 2. The predicted molar refractivity (Wildman–Crippen MR) is 160 cm³/mol. The van der Waals surface area contributed by atoms with Crippen molar-refractivity contribution < 1.29 is 18.4 Å². The first-order valence-corrected chi connectivity index (χ1v) is 14.2. The zero-order valence-electron chi connectivity index (χ0n) is 23.3. The largest absolute Gasteiger partial charge is 0.424 e. The first-order chi connectivity index (χ1) is 20.5. The summed E-state index contributed by atoms with van der Waals surface area (Å²) in [5.41, 5.74) is 4.26. The number of likely N-dealkylation sites (tertiary alicyclic amines) is 1. The number of anilines is 1. The summed E-state index contributed by atoms with van der Waals surface area (Å²) in [4.78, 5) is 38.2. The quantitative estimate of drug-likeness (QED) is 0.264. The molecule has 2 N–H and O–H groups in total. The molecule has 0 bridgehead atoms. The van der Waals surface area contributed by atoms with Crippen LogP contribution >= 0.6 is 0 Å². The highest BCUT2D eigenvalue weighted by molar-refractivity contribution is 6.03. The Morgan fingerprint density at radius 3 is 2.62 bits per heavy atom. The highest BCUT2D eigenvalue weighted by Crippen LogP contribution is 2.33. The Hall–Kier alpha value is -4.79. The maximum absolute atomic E-state index is 14.3. The van der Waals surface area contributed by atoms with E-state index in [4.69, 9.17) is 4.42 Å². The predicted octanol–water partition coefficient (Wildman–Crippen LogP) is 5.89. The van der Waals surface area contributed by atoms with Gasteiger partial charge in [-0.3, -0.25) is 14.6 Å². The second-order valence-electron chi connectivity index (χ2n) is 10.7. The Labute approximate surface area is 243 Å². The summed E-state index contributed by atoms with van der Waals surface area (Å²) < 4.78 is 20.2. The van der Waals surface area contributed by atoms with Crippen LogP contribution in [0.2, 0.25) is 0 Å². The number of oxazole rings is 1. The fourth-order valence-corrected chi connectivity index (χ4v) is 5.67. The summed E-state index contributed by atoms with van der Waals surface area (Å²) >= 11 is 0. The number of halogens is 1. The molecule has 0 unspecified atom stereocenters. The van der Waals surface area contributed by atoms with E-state index in [0.29, 0.717) is 35.3 Å². The second-order valence-corrected chi connectivity index (χ2v) is 10.7. The van der Waals surface area contributed by atoms with E-state index >= 15 is 0 Å². The number of hydrogen-bond donors (Lipinski definition) is 2. The number of nitrogens with zero attached hydrogens (tertiary/aromatic N) is 3. The van der Waals surface area contributed by atoms with E-state index in [0.717, 1.165) is 24.0 Å². The summed E-state index contributed by atoms with van der Waals surface area (Å²) in [6.07, 6.45) is 3.75. The van der Waals surface area contributed by atoms with Crippen LogP contribution in [0.3, 0.4) is 0 Å². The third kappa shape index (κ3) is 5.81. The van der Waals surface area contributed by atoms with Crippen LogP contribution in [0.25, 0.3) is 16.7 Å². The van der Waals surface area contributed by atoms with Gasteiger partial charge in [0.2, 0.25) is 11.8 Å². The van der Waals surface area contributed by atoms with Crippen LogP contribution in [0.4, 0.5) is 10.4 Å². The molecule has 214 valence electrons. The SMILES string of the molecule is C[C@H](NC(=O)[C@H](CC(=O)N1CCC[C@@H]1c1ccccc1)Nc1nc2ccccc2o1)C1=NC=C(c2ccccc2F)C1. The van der Waals surface area contributed by atoms with Crippen molar-refractivity contribution >= 4 is 40.2 Å². The maximum Gasteiger partial charge on any atom is 0.296 e. The normalized spacial score (nSPS) is 18.0. The third-order valence-corrected chi connectivity index (χ3v) is 7.88. The van der Waals surface area contributed by atoms with Gasteiger partial charge in [-0.1, -0.05) is 60.7 Å². The lowest BCUT2D eigenvalue weighted by molar-refractivity contribution is -0.135. The molecule has 0 aliphatic carbocycles. The van der Waals surface area contributed by atoms with E-state index in [1.54, 1.807) is 30.5 Å². The van der Waals surface area contributed by atoms with Gasteiger partial charge in [0, 0.05) is 30.4 Å². The average molecular weight is 566 g/mol. The minimum Gasteiger partial charge on any atom is -0.424 e. The van der Waals surface area contributed by atoms with Crippen molar-refractivity contribution in [2.45, 2.75) is 50.7 Å². The summed E-state index contributed by atoms with van der Waals surface area (Å²) in [5.74, 6) is -0.816. The van der Waals surface area contributed by atoms with Crippen molar-refractivity contribution in [1.82, 2.24) is 15.2 Å². The Kier molecular flexibility index (Phi) is 7.81. The standard InChI is InChI=1S/C33H32FN5O3/c1-21(27-18-23(20-35-27)24-12-5-6-13-25(24)34)36-32(41)28(38-33-37-26-14-7-8-16-30(26)42-33)19-31(40)39-17-9-15-29(39)22-10-3-2-4-11-22/h2-8,10-14,16,20-21,28-29H,9,15,17-19H2,1H3,(H,36,41)(H,37,38)/t21-,28-,29+/m0/s1. The van der Waals surface area contributed by atoms with Gasteiger partial charge in [-0.05, 0) is 49.1 Å². The molecular weight excluding hydrogens is 533 g/mol. The second kappa shape index (κ2) is 12.0. The first kappa shape index (κ1) is 27.4. The molecule has 4 aromatic rings. The number of amides is 2. The van der Waals surface area contributed by atoms with Crippen molar-refractivity contribution in [3.8, 4) is 0 Å². The lowest BCUT2D eigenvalue weighted by Gasteiger charge is -2.27. The number of carbonyl (C=O) groups excluding carboxylic acids is 2. The molecule has 1 aromatic heterocycles. The highest BCUT2D eigenvalue weighted by atomic mass is 19.1. The number of benzene rings is 3. The number of fused-ring (bicyclic) bond motifs is 1. The molecule has 3 heterocycles. The van der Waals surface area contributed by atoms with Crippen LogP contribution in [0.1, 0.15) is 49.8 Å². The number of carbonyl (C=O) groups is 2. The van der Waals surface area contributed by atoms with Crippen LogP contribution in [-0.4, -0.2) is 46.0 Å². The van der Waals surface area contributed by atoms with Crippen LogP contribution in [0, 0.1) is 5.82 Å². The number of aliphatic imine (C=N–C) groups is 1. The Morgan fingerprint density at radius 2 is 1.81 bits per heavy atom. The molecule has 0 spiro atoms. The molecule has 3 aromatic carbocycles. The first-order valence-electron chi connectivity index (χ1n) is 14.2. The Balaban J connectivity index is 1.17. The summed E-state index contributed by atoms with van der Waals surface area (Å²) in [7, 11) is 0. The van der Waals surface area contributed by atoms with Gasteiger partial charge in [-0.25, -0.2) is 4.39 Å². The highest BCUT2D eigenvalue weighted by Gasteiger charge is 2.34. The van der Waals surface area contributed by atoms with Crippen molar-refractivity contribution in [3.05, 3.63) is 102 Å². The zero-order valence-corrected chi connectivity index (χ0v) is 23.3. The van der Waals surface area contributed by atoms with Gasteiger partial charge in [0.05, 0.1) is 18.5 Å². The molecule has 8 nitrogen and oxygen atoms in total. The van der Waals surface area contributed by atoms with Crippen molar-refractivity contribution in [3.63, 3.8) is 0 Å². The molecule has 3 atom stereocenters. The van der Waals surface area contributed by atoms with E-state index in [2.05, 4.69) is 20.6 Å². The number of nitrogens with one attached hydrogen (secondary N) is 2. The molecule has 42 heavy (non-hydrogen) atoms. The van der Waals surface area contributed by atoms with Gasteiger partial charge >= 0.3 is 0 Å². The van der Waals surface area contributed by atoms with E-state index < -0.39 is 12.1 Å². The van der Waals surface area contributed by atoms with Gasteiger partial charge in [-0.15, -0.1) is 0 Å². The maximum atomic E-state index is 14.3. The molecular formula is C33H32FN5O3. The lowest BCUT2D eigenvalue weighted by atomic mass is 9.99. The molecule has 1 fully saturated rings. The molecule has 0 saturated carbocycles. The van der Waals surface area contributed by atoms with Crippen molar-refractivity contribution in [2.75, 3.05) is 11.9 Å². The topological polar surface area (TPSA) is 99.8 Å². The van der Waals surface area contributed by atoms with E-state index in [1.807, 2.05) is 60.4 Å². The number of allylic oxidation sites excluding steroid dienone is 1. The smallest absolute Gasteiger partial charge is 0.296 e. The minimum absolute atomic E-state index is 0.0265. The van der Waals surface area contributed by atoms with Crippen LogP contribution in [0.15, 0.2) is 94.5 Å². The zero-order chi connectivity index (χ0) is 29.1. The fourth-order valence-electron chi connectivity index (χ4n) is 5.67. The van der Waals surface area contributed by atoms with Gasteiger partial charge < -0.3 is 20.0 Å². The molecule has 6 rings (SSSR count). The number of aromatic nitrogens is 1. The van der Waals surface area contributed by atoms with E-state index in [9.17, 15) is 14.0 Å². The van der Waals surface area contributed by atoms with Gasteiger partial charge in [0.15, 0.2) is 5.58 Å². The average Bonchev–Trinajstić information content (AvgIpc) is 3.77. The molecule has 2 aliphatic heterocycles. The number of hydrogen-bond acceptors (Lipinski definition) is 6. The third-order valence-electron chi connectivity index (χ3n) is 7.88. The molecule has 0 radical (unpaired) electrons. The summed E-state index contributed by atoms with van der Waals surface area (Å²) in [6, 6.07) is 22.6. The monoisotopic (exact) mass is 565 g/mol. The molecule has 2 aliphatic rings. The van der Waals surface area contributed by atoms with Gasteiger partial charge in [0.1, 0.15) is 17.4 Å². The van der Waals surface area contributed by atoms with Crippen LogP contribution in [0.5, 0.6) is 0 Å². The Bertz CT molecular complexity index is 1630. The van der Waals surface area contributed by atoms with Crippen molar-refractivity contribution in [1.29, 1.82) is 0 Å². The minimum atomic E-state index is -0.939. The Morgan fingerprint density at radius 1 is 1.05 bits per heavy atom. The summed E-state index contributed by atoms with van der Waals surface area (Å²) in [5, 5.41) is 6.08. The van der Waals surface area contributed by atoms with Gasteiger partial charge in [0.25, 0.3) is 6.01 Å². The van der Waals surface area contributed by atoms with Crippen molar-refractivity contribution in [2.24, 2.45) is 4.99 Å². The van der Waals surface area contributed by atoms with E-state index in [-0.39, 0.29) is 36.1 Å². The van der Waals surface area contributed by atoms with Crippen LogP contribution < -0.4 is 10.6 Å². The molecule has 1 saturated heterocycles. The lowest BCUT2D eigenvalue weighted by Crippen LogP contribution is -2.48. The molecule has 2 amide bonds. The molecule has 9 heteroatoms.